The number of amides is 2. The number of alkyl halides is 3. The van der Waals surface area contributed by atoms with E-state index in [-0.39, 0.29) is 10.6 Å². The highest BCUT2D eigenvalue weighted by atomic mass is 32.1. The molecule has 1 aromatic carbocycles. The summed E-state index contributed by atoms with van der Waals surface area (Å²) in [5, 5.41) is 2.57. The number of thiazole rings is 1. The van der Waals surface area contributed by atoms with Gasteiger partial charge in [0.2, 0.25) is 0 Å². The van der Waals surface area contributed by atoms with Crippen molar-refractivity contribution < 1.29 is 22.8 Å². The molecule has 1 aliphatic heterocycles. The van der Waals surface area contributed by atoms with Crippen LogP contribution in [0.15, 0.2) is 30.6 Å². The number of likely N-dealkylation sites (N-methyl/N-ethyl adjacent to an activating group) is 1. The summed E-state index contributed by atoms with van der Waals surface area (Å²) in [5.41, 5.74) is 0.251. The van der Waals surface area contributed by atoms with Crippen LogP contribution in [0.2, 0.25) is 0 Å². The largest absolute Gasteiger partial charge is 0.433 e. The first-order valence-electron chi connectivity index (χ1n) is 10.2. The summed E-state index contributed by atoms with van der Waals surface area (Å²) in [6, 6.07) is 7.05. The van der Waals surface area contributed by atoms with Crippen LogP contribution in [-0.4, -0.2) is 78.3 Å². The molecule has 1 aliphatic rings. The molecule has 0 bridgehead atoms. The summed E-state index contributed by atoms with van der Waals surface area (Å²) >= 11 is 0.643. The average molecular weight is 481 g/mol. The predicted octanol–water partition coefficient (Wildman–Crippen LogP) is 3.12. The Labute approximate surface area is 192 Å². The van der Waals surface area contributed by atoms with Crippen molar-refractivity contribution in [3.8, 4) is 0 Å². The van der Waals surface area contributed by atoms with Crippen molar-refractivity contribution in [2.75, 3.05) is 57.5 Å². The number of carbonyl (C=O) groups excluding carboxylic acids is 2. The fourth-order valence-corrected chi connectivity index (χ4v) is 4.83. The monoisotopic (exact) mass is 480 g/mol. The summed E-state index contributed by atoms with van der Waals surface area (Å²) in [4.78, 5) is 34.1. The van der Waals surface area contributed by atoms with Gasteiger partial charge in [-0.3, -0.25) is 14.0 Å². The van der Waals surface area contributed by atoms with E-state index in [4.69, 9.17) is 0 Å². The number of nitrogens with one attached hydrogen (secondary N) is 1. The van der Waals surface area contributed by atoms with Crippen molar-refractivity contribution in [1.29, 1.82) is 0 Å². The molecule has 0 spiro atoms. The number of carbonyl (C=O) groups is 2. The van der Waals surface area contributed by atoms with Gasteiger partial charge in [-0.1, -0.05) is 0 Å². The van der Waals surface area contributed by atoms with Crippen LogP contribution in [0.4, 0.5) is 24.7 Å². The minimum atomic E-state index is -4.76. The molecule has 0 saturated carbocycles. The second-order valence-electron chi connectivity index (χ2n) is 8.04. The summed E-state index contributed by atoms with van der Waals surface area (Å²) < 4.78 is 41.8. The Morgan fingerprint density at radius 3 is 2.30 bits per heavy atom. The fraction of sp³-hybridized carbons (Fsp3) is 0.381. The number of anilines is 2. The lowest BCUT2D eigenvalue weighted by atomic mass is 10.1. The van der Waals surface area contributed by atoms with Gasteiger partial charge in [-0.15, -0.1) is 11.3 Å². The smallest absolute Gasteiger partial charge is 0.369 e. The molecule has 8 nitrogen and oxygen atoms in total. The molecule has 2 amide bonds. The van der Waals surface area contributed by atoms with Crippen molar-refractivity contribution in [3.05, 3.63) is 46.7 Å². The molecule has 1 N–H and O–H groups in total. The quantitative estimate of drug-likeness (QED) is 0.621. The minimum Gasteiger partial charge on any atom is -0.369 e. The molecule has 4 rings (SSSR count). The normalized spacial score (nSPS) is 15.2. The Balaban J connectivity index is 1.58. The zero-order chi connectivity index (χ0) is 23.9. The number of halogens is 3. The maximum Gasteiger partial charge on any atom is 0.433 e. The molecule has 33 heavy (non-hydrogen) atoms. The molecule has 1 saturated heterocycles. The first kappa shape index (κ1) is 23.1. The van der Waals surface area contributed by atoms with Crippen LogP contribution in [-0.2, 0) is 6.18 Å². The maximum atomic E-state index is 13.7. The van der Waals surface area contributed by atoms with E-state index in [1.54, 1.807) is 12.1 Å². The Bertz CT molecular complexity index is 1180. The lowest BCUT2D eigenvalue weighted by Gasteiger charge is -2.34. The molecular weight excluding hydrogens is 457 g/mol. The zero-order valence-corrected chi connectivity index (χ0v) is 19.1. The van der Waals surface area contributed by atoms with Crippen molar-refractivity contribution in [3.63, 3.8) is 0 Å². The van der Waals surface area contributed by atoms with Gasteiger partial charge in [0.05, 0.1) is 0 Å². The third-order valence-corrected chi connectivity index (χ3v) is 6.63. The maximum absolute atomic E-state index is 13.7. The molecule has 3 aromatic rings. The van der Waals surface area contributed by atoms with Gasteiger partial charge >= 0.3 is 6.18 Å². The van der Waals surface area contributed by atoms with Gasteiger partial charge in [0.15, 0.2) is 11.5 Å². The van der Waals surface area contributed by atoms with Crippen LogP contribution < -0.4 is 10.2 Å². The summed E-state index contributed by atoms with van der Waals surface area (Å²) in [6.45, 7) is 3.69. The van der Waals surface area contributed by atoms with Crippen LogP contribution in [0.3, 0.4) is 0 Å². The van der Waals surface area contributed by atoms with E-state index >= 15 is 0 Å². The molecule has 3 heterocycles. The summed E-state index contributed by atoms with van der Waals surface area (Å²) in [5.74, 6) is -1.30. The number of hydrogen-bond donors (Lipinski definition) is 1. The van der Waals surface area contributed by atoms with Gasteiger partial charge in [0, 0.05) is 51.5 Å². The number of benzene rings is 1. The third-order valence-electron chi connectivity index (χ3n) is 5.48. The van der Waals surface area contributed by atoms with Crippen molar-refractivity contribution in [2.45, 2.75) is 6.18 Å². The van der Waals surface area contributed by atoms with Gasteiger partial charge in [-0.05, 0) is 31.3 Å². The molecule has 0 aliphatic carbocycles. The number of hydrogen-bond acceptors (Lipinski definition) is 6. The second-order valence-corrected chi connectivity index (χ2v) is 9.04. The molecule has 0 atom stereocenters. The SMILES string of the molecule is CN1CCN(c2ccc(C(=O)Nc3ncn4c(C(F)(F)F)c(C(=O)N(C)C)sc34)cc2)CC1. The van der Waals surface area contributed by atoms with Crippen LogP contribution in [0, 0.1) is 0 Å². The van der Waals surface area contributed by atoms with Crippen LogP contribution >= 0.6 is 11.3 Å². The Kier molecular flexibility index (Phi) is 6.06. The highest BCUT2D eigenvalue weighted by molar-refractivity contribution is 7.20. The summed E-state index contributed by atoms with van der Waals surface area (Å²) in [7, 11) is 4.83. The molecule has 1 fully saturated rings. The third kappa shape index (κ3) is 4.53. The van der Waals surface area contributed by atoms with E-state index in [1.165, 1.54) is 14.1 Å². The van der Waals surface area contributed by atoms with Gasteiger partial charge in [-0.25, -0.2) is 4.98 Å². The lowest BCUT2D eigenvalue weighted by Crippen LogP contribution is -2.44. The van der Waals surface area contributed by atoms with Crippen molar-refractivity contribution >= 4 is 39.5 Å². The number of rotatable bonds is 4. The summed E-state index contributed by atoms with van der Waals surface area (Å²) in [6.07, 6.45) is -3.80. The van der Waals surface area contributed by atoms with Crippen LogP contribution in [0.25, 0.3) is 4.83 Å². The molecule has 2 aromatic heterocycles. The van der Waals surface area contributed by atoms with E-state index in [2.05, 4.69) is 27.1 Å². The van der Waals surface area contributed by atoms with Crippen molar-refractivity contribution in [2.24, 2.45) is 0 Å². The Morgan fingerprint density at radius 1 is 1.09 bits per heavy atom. The van der Waals surface area contributed by atoms with E-state index < -0.39 is 28.6 Å². The molecular formula is C21H23F3N6O2S. The Hall–Kier alpha value is -3.12. The zero-order valence-electron chi connectivity index (χ0n) is 18.3. The first-order valence-corrected chi connectivity index (χ1v) is 11.0. The van der Waals surface area contributed by atoms with E-state index in [0.717, 1.165) is 47.5 Å². The van der Waals surface area contributed by atoms with Gasteiger partial charge in [0.25, 0.3) is 11.8 Å². The van der Waals surface area contributed by atoms with Gasteiger partial charge in [0.1, 0.15) is 16.0 Å². The number of nitrogens with zero attached hydrogens (tertiary/aromatic N) is 5. The van der Waals surface area contributed by atoms with Crippen molar-refractivity contribution in [1.82, 2.24) is 19.2 Å². The molecule has 12 heteroatoms. The van der Waals surface area contributed by atoms with Gasteiger partial charge in [-0.2, -0.15) is 13.2 Å². The van der Waals surface area contributed by atoms with Gasteiger partial charge < -0.3 is 20.0 Å². The fourth-order valence-electron chi connectivity index (χ4n) is 3.62. The molecule has 0 radical (unpaired) electrons. The highest BCUT2D eigenvalue weighted by Crippen LogP contribution is 2.39. The van der Waals surface area contributed by atoms with Crippen LogP contribution in [0.1, 0.15) is 25.7 Å². The first-order chi connectivity index (χ1) is 15.6. The standard InChI is InChI=1S/C21H23F3N6O2S/c1-27(2)19(32)15-16(21(22,23)24)30-12-25-17(20(30)33-15)26-18(31)13-4-6-14(7-5-13)29-10-8-28(3)9-11-29/h4-7,12H,8-11H2,1-3H3,(H,26,31). The average Bonchev–Trinajstić information content (AvgIpc) is 3.33. The second kappa shape index (κ2) is 8.67. The number of fused-ring (bicyclic) bond motifs is 1. The minimum absolute atomic E-state index is 0.0311. The molecule has 176 valence electrons. The van der Waals surface area contributed by atoms with E-state index in [0.29, 0.717) is 16.9 Å². The van der Waals surface area contributed by atoms with E-state index in [9.17, 15) is 22.8 Å². The number of piperazine rings is 1. The molecule has 0 unspecified atom stereocenters. The Morgan fingerprint density at radius 2 is 1.73 bits per heavy atom. The predicted molar refractivity (Wildman–Crippen MR) is 120 cm³/mol. The van der Waals surface area contributed by atoms with E-state index in [1.807, 2.05) is 12.1 Å². The van der Waals surface area contributed by atoms with Crippen LogP contribution in [0.5, 0.6) is 0 Å². The highest BCUT2D eigenvalue weighted by Gasteiger charge is 2.41. The number of aromatic nitrogens is 2. The topological polar surface area (TPSA) is 73.2 Å². The number of imidazole rings is 1. The lowest BCUT2D eigenvalue weighted by molar-refractivity contribution is -0.142.